The number of rotatable bonds is 8. The van der Waals surface area contributed by atoms with E-state index in [0.717, 1.165) is 24.9 Å². The highest BCUT2D eigenvalue weighted by Crippen LogP contribution is 2.22. The topological polar surface area (TPSA) is 76.8 Å². The molecule has 0 bridgehead atoms. The van der Waals surface area contributed by atoms with Crippen LogP contribution in [0.1, 0.15) is 29.8 Å². The van der Waals surface area contributed by atoms with Gasteiger partial charge < -0.3 is 14.1 Å². The van der Waals surface area contributed by atoms with Crippen molar-refractivity contribution in [3.8, 4) is 5.75 Å². The highest BCUT2D eigenvalue weighted by Gasteiger charge is 2.13. The normalized spacial score (nSPS) is 10.9. The predicted octanol–water partition coefficient (Wildman–Crippen LogP) is 4.63. The number of hydrogen-bond donors (Lipinski definition) is 0. The van der Waals surface area contributed by atoms with E-state index in [9.17, 15) is 14.4 Å². The van der Waals surface area contributed by atoms with Crippen molar-refractivity contribution in [3.63, 3.8) is 0 Å². The van der Waals surface area contributed by atoms with Gasteiger partial charge in [-0.2, -0.15) is 0 Å². The standard InChI is InChI=1S/C25H23NO5/c1-4-24(28)30-20-12-7-17(8-13-20)9-14-22(27)21-15-18-10-11-19(26(5-2)6-3)16-23(18)31-25(21)29/h4,7-16H,1,5-6H2,2-3H3/b14-9+. The Bertz CT molecular complexity index is 1200. The number of nitrogens with zero attached hydrogens (tertiary/aromatic N) is 1. The number of hydrogen-bond acceptors (Lipinski definition) is 6. The van der Waals surface area contributed by atoms with Crippen LogP contribution in [0.15, 0.2) is 76.5 Å². The second kappa shape index (κ2) is 9.71. The first-order chi connectivity index (χ1) is 14.9. The van der Waals surface area contributed by atoms with E-state index in [1.165, 1.54) is 6.08 Å². The second-order valence-electron chi connectivity index (χ2n) is 6.73. The minimum Gasteiger partial charge on any atom is -0.423 e. The summed E-state index contributed by atoms with van der Waals surface area (Å²) in [6.07, 6.45) is 3.97. The summed E-state index contributed by atoms with van der Waals surface area (Å²) in [5, 5.41) is 0.681. The molecule has 158 valence electrons. The molecule has 0 spiro atoms. The first-order valence-electron chi connectivity index (χ1n) is 9.94. The molecule has 1 heterocycles. The van der Waals surface area contributed by atoms with Crippen molar-refractivity contribution in [2.24, 2.45) is 0 Å². The lowest BCUT2D eigenvalue weighted by atomic mass is 10.1. The fraction of sp³-hybridized carbons (Fsp3) is 0.160. The lowest BCUT2D eigenvalue weighted by molar-refractivity contribution is -0.128. The van der Waals surface area contributed by atoms with Crippen LogP contribution in [0.3, 0.4) is 0 Å². The molecule has 1 aromatic heterocycles. The Hall–Kier alpha value is -3.93. The van der Waals surface area contributed by atoms with E-state index in [1.54, 1.807) is 36.4 Å². The summed E-state index contributed by atoms with van der Waals surface area (Å²) in [4.78, 5) is 38.3. The van der Waals surface area contributed by atoms with Crippen molar-refractivity contribution in [1.29, 1.82) is 0 Å². The third-order valence-corrected chi connectivity index (χ3v) is 4.81. The molecule has 6 heteroatoms. The van der Waals surface area contributed by atoms with Crippen LogP contribution in [0, 0.1) is 0 Å². The molecule has 0 aliphatic heterocycles. The molecule has 0 unspecified atom stereocenters. The third-order valence-electron chi connectivity index (χ3n) is 4.81. The molecular weight excluding hydrogens is 394 g/mol. The molecule has 0 saturated heterocycles. The predicted molar refractivity (Wildman–Crippen MR) is 122 cm³/mol. The molecular formula is C25H23NO5. The smallest absolute Gasteiger partial charge is 0.347 e. The van der Waals surface area contributed by atoms with Crippen LogP contribution >= 0.6 is 0 Å². The fourth-order valence-corrected chi connectivity index (χ4v) is 3.12. The van der Waals surface area contributed by atoms with E-state index < -0.39 is 17.4 Å². The van der Waals surface area contributed by atoms with Gasteiger partial charge in [-0.05, 0) is 55.8 Å². The third kappa shape index (κ3) is 5.17. The fourth-order valence-electron chi connectivity index (χ4n) is 3.12. The number of allylic oxidation sites excluding steroid dienone is 1. The average Bonchev–Trinajstić information content (AvgIpc) is 2.78. The van der Waals surface area contributed by atoms with Gasteiger partial charge in [-0.25, -0.2) is 9.59 Å². The quantitative estimate of drug-likeness (QED) is 0.175. The lowest BCUT2D eigenvalue weighted by Gasteiger charge is -2.20. The summed E-state index contributed by atoms with van der Waals surface area (Å²) in [5.41, 5.74) is 1.41. The van der Waals surface area contributed by atoms with Gasteiger partial charge in [-0.1, -0.05) is 24.8 Å². The highest BCUT2D eigenvalue weighted by molar-refractivity contribution is 6.07. The molecule has 0 aliphatic rings. The summed E-state index contributed by atoms with van der Waals surface area (Å²) < 4.78 is 10.4. The summed E-state index contributed by atoms with van der Waals surface area (Å²) in [6.45, 7) is 9.13. The van der Waals surface area contributed by atoms with Crippen molar-refractivity contribution in [1.82, 2.24) is 0 Å². The summed E-state index contributed by atoms with van der Waals surface area (Å²) >= 11 is 0. The van der Waals surface area contributed by atoms with Gasteiger partial charge in [-0.15, -0.1) is 0 Å². The molecule has 0 atom stereocenters. The van der Waals surface area contributed by atoms with Gasteiger partial charge in [0.2, 0.25) is 0 Å². The van der Waals surface area contributed by atoms with E-state index >= 15 is 0 Å². The van der Waals surface area contributed by atoms with Gasteiger partial charge in [0.25, 0.3) is 0 Å². The number of fused-ring (bicyclic) bond motifs is 1. The van der Waals surface area contributed by atoms with Gasteiger partial charge in [0.15, 0.2) is 5.78 Å². The van der Waals surface area contributed by atoms with Crippen LogP contribution in [-0.2, 0) is 4.79 Å². The molecule has 0 saturated carbocycles. The summed E-state index contributed by atoms with van der Waals surface area (Å²) in [5.74, 6) is -0.635. The van der Waals surface area contributed by atoms with E-state index in [2.05, 4.69) is 25.3 Å². The Labute approximate surface area is 180 Å². The zero-order valence-corrected chi connectivity index (χ0v) is 17.5. The number of ether oxygens (including phenoxy) is 1. The van der Waals surface area contributed by atoms with Gasteiger partial charge in [0, 0.05) is 36.3 Å². The molecule has 2 aromatic carbocycles. The minimum absolute atomic E-state index is 0.0316. The Morgan fingerprint density at radius 1 is 1.06 bits per heavy atom. The van der Waals surface area contributed by atoms with Crippen LogP contribution in [0.2, 0.25) is 0 Å². The van der Waals surface area contributed by atoms with Crippen LogP contribution < -0.4 is 15.3 Å². The van der Waals surface area contributed by atoms with Crippen LogP contribution in [-0.4, -0.2) is 24.8 Å². The van der Waals surface area contributed by atoms with Crippen molar-refractivity contribution in [3.05, 3.63) is 88.8 Å². The number of esters is 1. The number of carbonyl (C=O) groups is 2. The zero-order chi connectivity index (χ0) is 22.4. The monoisotopic (exact) mass is 417 g/mol. The van der Waals surface area contributed by atoms with Crippen molar-refractivity contribution in [2.45, 2.75) is 13.8 Å². The van der Waals surface area contributed by atoms with Gasteiger partial charge in [-0.3, -0.25) is 4.79 Å². The van der Waals surface area contributed by atoms with Crippen LogP contribution in [0.4, 0.5) is 5.69 Å². The molecule has 0 amide bonds. The van der Waals surface area contributed by atoms with Crippen molar-refractivity contribution in [2.75, 3.05) is 18.0 Å². The Morgan fingerprint density at radius 3 is 2.42 bits per heavy atom. The second-order valence-corrected chi connectivity index (χ2v) is 6.73. The van der Waals surface area contributed by atoms with E-state index in [-0.39, 0.29) is 5.56 Å². The minimum atomic E-state index is -0.675. The SMILES string of the molecule is C=CC(=O)Oc1ccc(/C=C/C(=O)c2cc3ccc(N(CC)CC)cc3oc2=O)cc1. The molecule has 0 aliphatic carbocycles. The Balaban J connectivity index is 1.81. The average molecular weight is 417 g/mol. The largest absolute Gasteiger partial charge is 0.423 e. The highest BCUT2D eigenvalue weighted by atomic mass is 16.5. The molecule has 0 fully saturated rings. The Kier molecular flexibility index (Phi) is 6.82. The Morgan fingerprint density at radius 2 is 1.77 bits per heavy atom. The number of anilines is 1. The maximum atomic E-state index is 12.6. The van der Waals surface area contributed by atoms with Crippen molar-refractivity contribution >= 4 is 34.5 Å². The van der Waals surface area contributed by atoms with E-state index in [1.807, 2.05) is 18.2 Å². The summed E-state index contributed by atoms with van der Waals surface area (Å²) in [6, 6.07) is 13.7. The van der Waals surface area contributed by atoms with Crippen LogP contribution in [0.5, 0.6) is 5.75 Å². The first-order valence-corrected chi connectivity index (χ1v) is 9.94. The molecule has 0 radical (unpaired) electrons. The number of carbonyl (C=O) groups excluding carboxylic acids is 2. The molecule has 31 heavy (non-hydrogen) atoms. The molecule has 6 nitrogen and oxygen atoms in total. The van der Waals surface area contributed by atoms with Gasteiger partial charge in [0.05, 0.1) is 0 Å². The molecule has 0 N–H and O–H groups in total. The zero-order valence-electron chi connectivity index (χ0n) is 17.5. The van der Waals surface area contributed by atoms with Crippen molar-refractivity contribution < 1.29 is 18.7 Å². The van der Waals surface area contributed by atoms with E-state index in [4.69, 9.17) is 9.15 Å². The lowest BCUT2D eigenvalue weighted by Crippen LogP contribution is -2.21. The van der Waals surface area contributed by atoms with E-state index in [0.29, 0.717) is 22.3 Å². The van der Waals surface area contributed by atoms with Gasteiger partial charge >= 0.3 is 11.6 Å². The maximum Gasteiger partial charge on any atom is 0.347 e. The first kappa shape index (κ1) is 21.8. The van der Waals surface area contributed by atoms with Crippen LogP contribution in [0.25, 0.3) is 17.0 Å². The molecule has 3 rings (SSSR count). The summed E-state index contributed by atoms with van der Waals surface area (Å²) in [7, 11) is 0. The number of ketones is 1. The molecule has 3 aromatic rings. The maximum absolute atomic E-state index is 12.6. The van der Waals surface area contributed by atoms with Gasteiger partial charge in [0.1, 0.15) is 16.9 Å². The number of benzene rings is 2.